The molecule has 0 saturated carbocycles. The lowest BCUT2D eigenvalue weighted by atomic mass is 10.0. The van der Waals surface area contributed by atoms with Gasteiger partial charge in [0.25, 0.3) is 0 Å². The second kappa shape index (κ2) is 8.60. The highest BCUT2D eigenvalue weighted by Gasteiger charge is 2.11. The average molecular weight is 375 g/mol. The van der Waals surface area contributed by atoms with E-state index in [1.54, 1.807) is 24.3 Å². The van der Waals surface area contributed by atoms with Gasteiger partial charge in [0.15, 0.2) is 12.4 Å². The maximum absolute atomic E-state index is 12.9. The van der Waals surface area contributed by atoms with Gasteiger partial charge < -0.3 is 9.47 Å². The minimum absolute atomic E-state index is 0.262. The number of halogens is 1. The van der Waals surface area contributed by atoms with Crippen molar-refractivity contribution in [3.05, 3.63) is 95.3 Å². The molecule has 0 fully saturated rings. The number of hydrogen-bond acceptors (Lipinski definition) is 5. The maximum Gasteiger partial charge on any atom is 0.349 e. The summed E-state index contributed by atoms with van der Waals surface area (Å²) in [4.78, 5) is 24.2. The lowest BCUT2D eigenvalue weighted by molar-refractivity contribution is -0.136. The van der Waals surface area contributed by atoms with Gasteiger partial charge in [-0.15, -0.1) is 0 Å². The van der Waals surface area contributed by atoms with Crippen LogP contribution in [-0.2, 0) is 4.79 Å². The quantitative estimate of drug-likeness (QED) is 0.371. The number of nitriles is 1. The molecular formula is C22H14FNO4. The fourth-order valence-corrected chi connectivity index (χ4v) is 2.37. The van der Waals surface area contributed by atoms with E-state index >= 15 is 0 Å². The highest BCUT2D eigenvalue weighted by molar-refractivity contribution is 6.09. The van der Waals surface area contributed by atoms with Gasteiger partial charge in [0.05, 0.1) is 11.6 Å². The molecule has 28 heavy (non-hydrogen) atoms. The Kier molecular flexibility index (Phi) is 5.78. The third-order valence-corrected chi connectivity index (χ3v) is 3.79. The van der Waals surface area contributed by atoms with E-state index in [2.05, 4.69) is 0 Å². The van der Waals surface area contributed by atoms with Gasteiger partial charge in [-0.1, -0.05) is 0 Å². The van der Waals surface area contributed by atoms with Gasteiger partial charge in [-0.3, -0.25) is 4.79 Å². The zero-order chi connectivity index (χ0) is 19.9. The van der Waals surface area contributed by atoms with Crippen LogP contribution >= 0.6 is 0 Å². The van der Waals surface area contributed by atoms with Crippen LogP contribution in [0.4, 0.5) is 4.39 Å². The molecule has 0 aliphatic carbocycles. The molecule has 0 atom stereocenters. The highest BCUT2D eigenvalue weighted by Crippen LogP contribution is 2.17. The molecule has 0 aliphatic heterocycles. The van der Waals surface area contributed by atoms with Crippen LogP contribution < -0.4 is 9.47 Å². The summed E-state index contributed by atoms with van der Waals surface area (Å²) in [6, 6.07) is 19.6. The lowest BCUT2D eigenvalue weighted by Crippen LogP contribution is -2.17. The van der Waals surface area contributed by atoms with E-state index in [0.717, 1.165) is 0 Å². The van der Waals surface area contributed by atoms with E-state index < -0.39 is 11.8 Å². The standard InChI is InChI=1S/C22H14FNO4/c23-18-7-3-16(4-8-18)22(26)17-5-11-20(12-6-17)28-21(25)14-27-19-9-1-15(13-24)2-10-19/h1-12H,14H2. The van der Waals surface area contributed by atoms with Crippen LogP contribution in [0, 0.1) is 17.1 Å². The average Bonchev–Trinajstić information content (AvgIpc) is 2.73. The molecule has 5 nitrogen and oxygen atoms in total. The number of carbonyl (C=O) groups is 2. The molecule has 0 saturated heterocycles. The summed E-state index contributed by atoms with van der Waals surface area (Å²) >= 11 is 0. The first kappa shape index (κ1) is 18.8. The summed E-state index contributed by atoms with van der Waals surface area (Å²) in [5.74, 6) is -0.577. The Hall–Kier alpha value is -3.98. The first-order chi connectivity index (χ1) is 13.5. The van der Waals surface area contributed by atoms with Crippen molar-refractivity contribution in [2.75, 3.05) is 6.61 Å². The van der Waals surface area contributed by atoms with Crippen LogP contribution in [0.25, 0.3) is 0 Å². The van der Waals surface area contributed by atoms with E-state index in [1.807, 2.05) is 6.07 Å². The fraction of sp³-hybridized carbons (Fsp3) is 0.0455. The molecule has 0 radical (unpaired) electrons. The molecule has 0 N–H and O–H groups in total. The normalized spacial score (nSPS) is 10.0. The van der Waals surface area contributed by atoms with Crippen molar-refractivity contribution < 1.29 is 23.5 Å². The molecule has 0 spiro atoms. The summed E-state index contributed by atoms with van der Waals surface area (Å²) in [7, 11) is 0. The second-order valence-corrected chi connectivity index (χ2v) is 5.76. The molecule has 3 aromatic carbocycles. The van der Waals surface area contributed by atoms with Crippen LogP contribution in [0.2, 0.25) is 0 Å². The van der Waals surface area contributed by atoms with Crippen molar-refractivity contribution in [2.24, 2.45) is 0 Å². The van der Waals surface area contributed by atoms with Gasteiger partial charge in [0.2, 0.25) is 0 Å². The van der Waals surface area contributed by atoms with Gasteiger partial charge in [-0.25, -0.2) is 9.18 Å². The van der Waals surface area contributed by atoms with Gasteiger partial charge >= 0.3 is 5.97 Å². The van der Waals surface area contributed by atoms with Gasteiger partial charge in [0.1, 0.15) is 17.3 Å². The number of benzene rings is 3. The number of rotatable bonds is 6. The van der Waals surface area contributed by atoms with Crippen molar-refractivity contribution in [1.29, 1.82) is 5.26 Å². The number of esters is 1. The van der Waals surface area contributed by atoms with Gasteiger partial charge in [-0.05, 0) is 72.8 Å². The molecule has 0 bridgehead atoms. The van der Waals surface area contributed by atoms with E-state index in [-0.39, 0.29) is 18.1 Å². The zero-order valence-corrected chi connectivity index (χ0v) is 14.6. The van der Waals surface area contributed by atoms with Crippen LogP contribution in [0.1, 0.15) is 21.5 Å². The zero-order valence-electron chi connectivity index (χ0n) is 14.6. The number of ether oxygens (including phenoxy) is 2. The first-order valence-corrected chi connectivity index (χ1v) is 8.29. The largest absolute Gasteiger partial charge is 0.482 e. The molecule has 0 aliphatic rings. The summed E-state index contributed by atoms with van der Waals surface area (Å²) < 4.78 is 23.4. The van der Waals surface area contributed by atoms with Crippen molar-refractivity contribution in [2.45, 2.75) is 0 Å². The van der Waals surface area contributed by atoms with E-state index in [0.29, 0.717) is 22.4 Å². The Morgan fingerprint density at radius 2 is 1.36 bits per heavy atom. The van der Waals surface area contributed by atoms with Crippen LogP contribution in [-0.4, -0.2) is 18.4 Å². The van der Waals surface area contributed by atoms with E-state index in [1.165, 1.54) is 48.5 Å². The van der Waals surface area contributed by atoms with Crippen LogP contribution in [0.3, 0.4) is 0 Å². The Bertz CT molecular complexity index is 1020. The third kappa shape index (κ3) is 4.80. The van der Waals surface area contributed by atoms with Gasteiger partial charge in [0, 0.05) is 11.1 Å². The molecule has 0 unspecified atom stereocenters. The predicted octanol–water partition coefficient (Wildman–Crippen LogP) is 3.91. The monoisotopic (exact) mass is 375 g/mol. The highest BCUT2D eigenvalue weighted by atomic mass is 19.1. The predicted molar refractivity (Wildman–Crippen MR) is 98.6 cm³/mol. The lowest BCUT2D eigenvalue weighted by Gasteiger charge is -2.07. The maximum atomic E-state index is 12.9. The fourth-order valence-electron chi connectivity index (χ4n) is 2.37. The summed E-state index contributed by atoms with van der Waals surface area (Å²) in [6.45, 7) is -0.303. The molecule has 6 heteroatoms. The van der Waals surface area contributed by atoms with E-state index in [4.69, 9.17) is 14.7 Å². The molecule has 3 aromatic rings. The van der Waals surface area contributed by atoms with E-state index in [9.17, 15) is 14.0 Å². The first-order valence-electron chi connectivity index (χ1n) is 8.29. The third-order valence-electron chi connectivity index (χ3n) is 3.79. The molecule has 138 valence electrons. The molecular weight excluding hydrogens is 361 g/mol. The molecule has 0 heterocycles. The number of nitrogens with zero attached hydrogens (tertiary/aromatic N) is 1. The summed E-state index contributed by atoms with van der Waals surface area (Å²) in [5, 5.41) is 8.74. The molecule has 0 amide bonds. The SMILES string of the molecule is N#Cc1ccc(OCC(=O)Oc2ccc(C(=O)c3ccc(F)cc3)cc2)cc1. The number of hydrogen-bond donors (Lipinski definition) is 0. The summed E-state index contributed by atoms with van der Waals surface area (Å²) in [5.41, 5.74) is 1.24. The Morgan fingerprint density at radius 1 is 0.821 bits per heavy atom. The van der Waals surface area contributed by atoms with Crippen molar-refractivity contribution in [3.8, 4) is 17.6 Å². The van der Waals surface area contributed by atoms with Crippen LogP contribution in [0.5, 0.6) is 11.5 Å². The molecule has 0 aromatic heterocycles. The smallest absolute Gasteiger partial charge is 0.349 e. The van der Waals surface area contributed by atoms with Crippen molar-refractivity contribution in [3.63, 3.8) is 0 Å². The number of ketones is 1. The number of carbonyl (C=O) groups excluding carboxylic acids is 2. The minimum Gasteiger partial charge on any atom is -0.482 e. The second-order valence-electron chi connectivity index (χ2n) is 5.76. The summed E-state index contributed by atoms with van der Waals surface area (Å²) in [6.07, 6.45) is 0. The van der Waals surface area contributed by atoms with Crippen LogP contribution in [0.15, 0.2) is 72.8 Å². The van der Waals surface area contributed by atoms with Crippen molar-refractivity contribution >= 4 is 11.8 Å². The Labute approximate surface area is 160 Å². The minimum atomic E-state index is -0.609. The topological polar surface area (TPSA) is 76.4 Å². The Morgan fingerprint density at radius 3 is 1.93 bits per heavy atom. The van der Waals surface area contributed by atoms with Gasteiger partial charge in [-0.2, -0.15) is 5.26 Å². The Balaban J connectivity index is 1.55. The van der Waals surface area contributed by atoms with Crippen molar-refractivity contribution in [1.82, 2.24) is 0 Å². The molecule has 3 rings (SSSR count).